The van der Waals surface area contributed by atoms with Crippen LogP contribution >= 0.6 is 11.6 Å². The minimum atomic E-state index is -0.160. The second kappa shape index (κ2) is 9.59. The number of hydrogen-bond donors (Lipinski definition) is 1. The molecule has 30 heavy (non-hydrogen) atoms. The summed E-state index contributed by atoms with van der Waals surface area (Å²) >= 11 is 6.12. The number of amides is 1. The number of hydrogen-bond acceptors (Lipinski definition) is 2. The van der Waals surface area contributed by atoms with E-state index in [4.69, 9.17) is 16.6 Å². The maximum atomic E-state index is 12.4. The molecule has 1 amide bonds. The Morgan fingerprint density at radius 3 is 2.47 bits per heavy atom. The quantitative estimate of drug-likeness (QED) is 0.423. The third-order valence-electron chi connectivity index (χ3n) is 5.18. The fourth-order valence-electron chi connectivity index (χ4n) is 3.68. The van der Waals surface area contributed by atoms with Crippen molar-refractivity contribution in [3.63, 3.8) is 0 Å². The van der Waals surface area contributed by atoms with Crippen LogP contribution in [0.4, 0.5) is 0 Å². The summed E-state index contributed by atoms with van der Waals surface area (Å²) in [6.45, 7) is 1.40. The highest BCUT2D eigenvalue weighted by atomic mass is 35.5. The molecule has 3 aromatic carbocycles. The Balaban J connectivity index is 1.43. The Labute approximate surface area is 181 Å². The number of carbonyl (C=O) groups is 1. The van der Waals surface area contributed by atoms with Crippen LogP contribution in [0.3, 0.4) is 0 Å². The van der Waals surface area contributed by atoms with Crippen LogP contribution in [0.25, 0.3) is 11.0 Å². The van der Waals surface area contributed by atoms with E-state index in [1.165, 1.54) is 5.56 Å². The Morgan fingerprint density at radius 2 is 1.63 bits per heavy atom. The summed E-state index contributed by atoms with van der Waals surface area (Å²) in [4.78, 5) is 17.2. The van der Waals surface area contributed by atoms with Gasteiger partial charge in [-0.3, -0.25) is 4.79 Å². The third-order valence-corrected chi connectivity index (χ3v) is 5.51. The van der Waals surface area contributed by atoms with Crippen LogP contribution in [0.2, 0.25) is 5.02 Å². The third kappa shape index (κ3) is 4.71. The molecule has 4 aromatic rings. The van der Waals surface area contributed by atoms with Gasteiger partial charge in [-0.2, -0.15) is 0 Å². The van der Waals surface area contributed by atoms with Gasteiger partial charge < -0.3 is 9.88 Å². The summed E-state index contributed by atoms with van der Waals surface area (Å²) < 4.78 is 2.28. The molecule has 0 aliphatic rings. The Morgan fingerprint density at radius 1 is 0.900 bits per heavy atom. The van der Waals surface area contributed by atoms with Crippen molar-refractivity contribution in [2.75, 3.05) is 6.54 Å². The lowest BCUT2D eigenvalue weighted by Crippen LogP contribution is -2.26. The van der Waals surface area contributed by atoms with Gasteiger partial charge in [0.1, 0.15) is 5.82 Å². The van der Waals surface area contributed by atoms with Crippen LogP contribution in [-0.4, -0.2) is 22.0 Å². The molecule has 0 saturated carbocycles. The minimum absolute atomic E-state index is 0.160. The van der Waals surface area contributed by atoms with Crippen molar-refractivity contribution in [1.82, 2.24) is 14.9 Å². The van der Waals surface area contributed by atoms with E-state index < -0.39 is 0 Å². The second-order valence-electron chi connectivity index (χ2n) is 7.24. The number of imidazole rings is 1. The second-order valence-corrected chi connectivity index (χ2v) is 7.65. The number of para-hydroxylation sites is 2. The van der Waals surface area contributed by atoms with Gasteiger partial charge >= 0.3 is 0 Å². The van der Waals surface area contributed by atoms with Gasteiger partial charge in [0.05, 0.1) is 21.6 Å². The molecule has 4 rings (SSSR count). The number of benzene rings is 3. The van der Waals surface area contributed by atoms with E-state index in [0.29, 0.717) is 23.6 Å². The molecule has 1 aromatic heterocycles. The van der Waals surface area contributed by atoms with Gasteiger partial charge in [0.15, 0.2) is 0 Å². The minimum Gasteiger partial charge on any atom is -0.352 e. The zero-order valence-corrected chi connectivity index (χ0v) is 17.5. The first-order chi connectivity index (χ1) is 14.7. The van der Waals surface area contributed by atoms with E-state index in [0.717, 1.165) is 36.2 Å². The highest BCUT2D eigenvalue weighted by Crippen LogP contribution is 2.18. The predicted octanol–water partition coefficient (Wildman–Crippen LogP) is 5.30. The first-order valence-electron chi connectivity index (χ1n) is 10.2. The summed E-state index contributed by atoms with van der Waals surface area (Å²) in [7, 11) is 0. The monoisotopic (exact) mass is 417 g/mol. The fraction of sp³-hybridized carbons (Fsp3) is 0.200. The van der Waals surface area contributed by atoms with E-state index in [2.05, 4.69) is 40.2 Å². The Kier molecular flexibility index (Phi) is 6.45. The number of fused-ring (bicyclic) bond motifs is 1. The van der Waals surface area contributed by atoms with Crippen molar-refractivity contribution in [3.05, 3.63) is 101 Å². The Hall–Kier alpha value is -3.11. The lowest BCUT2D eigenvalue weighted by atomic mass is 10.1. The van der Waals surface area contributed by atoms with Crippen LogP contribution < -0.4 is 5.32 Å². The molecule has 0 saturated heterocycles. The van der Waals surface area contributed by atoms with Crippen LogP contribution in [0.5, 0.6) is 0 Å². The average molecular weight is 418 g/mol. The number of halogens is 1. The van der Waals surface area contributed by atoms with Crippen molar-refractivity contribution < 1.29 is 4.79 Å². The van der Waals surface area contributed by atoms with Gasteiger partial charge in [-0.05, 0) is 42.7 Å². The molecular weight excluding hydrogens is 394 g/mol. The number of aryl methyl sites for hydroxylation is 2. The molecule has 1 N–H and O–H groups in total. The van der Waals surface area contributed by atoms with Crippen molar-refractivity contribution in [3.8, 4) is 0 Å². The fourth-order valence-corrected chi connectivity index (χ4v) is 3.90. The zero-order valence-electron chi connectivity index (χ0n) is 16.7. The predicted molar refractivity (Wildman–Crippen MR) is 122 cm³/mol. The standard InChI is InChI=1S/C25H24ClN3O/c26-21-13-5-4-12-20(21)25(30)27-17-16-24-28-22-14-6-7-15-23(22)29(24)18-8-11-19-9-2-1-3-10-19/h1-7,9-10,12-15H,8,11,16-18H2,(H,27,30). The maximum absolute atomic E-state index is 12.4. The smallest absolute Gasteiger partial charge is 0.252 e. The van der Waals surface area contributed by atoms with E-state index in [1.807, 2.05) is 36.4 Å². The molecule has 0 fully saturated rings. The summed E-state index contributed by atoms with van der Waals surface area (Å²) in [5.74, 6) is 0.830. The van der Waals surface area contributed by atoms with Gasteiger partial charge in [-0.15, -0.1) is 0 Å². The molecule has 5 heteroatoms. The van der Waals surface area contributed by atoms with Crippen LogP contribution in [-0.2, 0) is 19.4 Å². The highest BCUT2D eigenvalue weighted by Gasteiger charge is 2.12. The van der Waals surface area contributed by atoms with Crippen LogP contribution in [0.15, 0.2) is 78.9 Å². The van der Waals surface area contributed by atoms with E-state index >= 15 is 0 Å². The summed E-state index contributed by atoms with van der Waals surface area (Å²) in [5.41, 5.74) is 3.97. The maximum Gasteiger partial charge on any atom is 0.252 e. The molecular formula is C25H24ClN3O. The molecule has 0 bridgehead atoms. The highest BCUT2D eigenvalue weighted by molar-refractivity contribution is 6.33. The van der Waals surface area contributed by atoms with E-state index in [-0.39, 0.29) is 5.91 Å². The molecule has 0 radical (unpaired) electrons. The first-order valence-corrected chi connectivity index (χ1v) is 10.6. The van der Waals surface area contributed by atoms with Gasteiger partial charge in [-0.1, -0.05) is 66.2 Å². The molecule has 0 aliphatic carbocycles. The molecule has 0 aliphatic heterocycles. The Bertz CT molecular complexity index is 1140. The zero-order chi connectivity index (χ0) is 20.8. The molecule has 152 valence electrons. The summed E-state index contributed by atoms with van der Waals surface area (Å²) in [6.07, 6.45) is 2.72. The van der Waals surface area contributed by atoms with Crippen molar-refractivity contribution in [2.24, 2.45) is 0 Å². The van der Waals surface area contributed by atoms with Crippen molar-refractivity contribution >= 4 is 28.5 Å². The van der Waals surface area contributed by atoms with Gasteiger partial charge in [-0.25, -0.2) is 4.98 Å². The normalized spacial score (nSPS) is 11.0. The van der Waals surface area contributed by atoms with E-state index in [1.54, 1.807) is 12.1 Å². The summed E-state index contributed by atoms with van der Waals surface area (Å²) in [6, 6.07) is 25.8. The molecule has 0 atom stereocenters. The van der Waals surface area contributed by atoms with Crippen molar-refractivity contribution in [1.29, 1.82) is 0 Å². The van der Waals surface area contributed by atoms with E-state index in [9.17, 15) is 4.79 Å². The van der Waals surface area contributed by atoms with Crippen LogP contribution in [0, 0.1) is 0 Å². The number of carbonyl (C=O) groups excluding carboxylic acids is 1. The van der Waals surface area contributed by atoms with Crippen molar-refractivity contribution in [2.45, 2.75) is 25.8 Å². The van der Waals surface area contributed by atoms with Gasteiger partial charge in [0.25, 0.3) is 5.91 Å². The lowest BCUT2D eigenvalue weighted by molar-refractivity contribution is 0.0954. The number of nitrogens with zero attached hydrogens (tertiary/aromatic N) is 2. The SMILES string of the molecule is O=C(NCCc1nc2ccccc2n1CCCc1ccccc1)c1ccccc1Cl. The molecule has 0 spiro atoms. The number of nitrogens with one attached hydrogen (secondary N) is 1. The molecule has 0 unspecified atom stereocenters. The van der Waals surface area contributed by atoms with Crippen LogP contribution in [0.1, 0.15) is 28.2 Å². The topological polar surface area (TPSA) is 46.9 Å². The average Bonchev–Trinajstić information content (AvgIpc) is 3.12. The van der Waals surface area contributed by atoms with Gasteiger partial charge in [0.2, 0.25) is 0 Å². The molecule has 1 heterocycles. The summed E-state index contributed by atoms with van der Waals surface area (Å²) in [5, 5.41) is 3.43. The number of rotatable bonds is 8. The van der Waals surface area contributed by atoms with Gasteiger partial charge in [0, 0.05) is 19.5 Å². The number of aromatic nitrogens is 2. The molecule has 4 nitrogen and oxygen atoms in total. The lowest BCUT2D eigenvalue weighted by Gasteiger charge is -2.11. The largest absolute Gasteiger partial charge is 0.352 e. The first kappa shape index (κ1) is 20.2.